The number of benzene rings is 2. The summed E-state index contributed by atoms with van der Waals surface area (Å²) in [4.78, 5) is 73.4. The zero-order valence-corrected chi connectivity index (χ0v) is 29.9. The lowest BCUT2D eigenvalue weighted by molar-refractivity contribution is -0.141. The molecule has 2 aliphatic heterocycles. The molecule has 2 bridgehead atoms. The molecular formula is C38H47N7O7. The van der Waals surface area contributed by atoms with Crippen molar-refractivity contribution in [1.29, 1.82) is 0 Å². The summed E-state index contributed by atoms with van der Waals surface area (Å²) < 4.78 is 12.8. The van der Waals surface area contributed by atoms with Crippen LogP contribution >= 0.6 is 0 Å². The summed E-state index contributed by atoms with van der Waals surface area (Å²) in [5, 5.41) is 12.3. The van der Waals surface area contributed by atoms with Gasteiger partial charge in [0.2, 0.25) is 23.6 Å². The number of aromatic nitrogens is 2. The number of carbonyl (C=O) groups excluding carboxylic acids is 5. The lowest BCUT2D eigenvalue weighted by atomic mass is 10.0. The third-order valence-electron chi connectivity index (χ3n) is 9.02. The summed E-state index contributed by atoms with van der Waals surface area (Å²) in [6, 6.07) is 15.0. The maximum absolute atomic E-state index is 14.5. The first-order valence-corrected chi connectivity index (χ1v) is 17.4. The lowest BCUT2D eigenvalue weighted by Gasteiger charge is -2.30. The normalized spacial score (nSPS) is 19.6. The minimum Gasteiger partial charge on any atom is -0.492 e. The molecule has 4 aromatic rings. The molecular weight excluding hydrogens is 666 g/mol. The maximum Gasteiger partial charge on any atom is 0.268 e. The second-order valence-corrected chi connectivity index (χ2v) is 13.2. The molecule has 52 heavy (non-hydrogen) atoms. The van der Waals surface area contributed by atoms with E-state index in [1.54, 1.807) is 60.4 Å². The number of aromatic amines is 1. The van der Waals surface area contributed by atoms with E-state index in [4.69, 9.17) is 9.47 Å². The maximum atomic E-state index is 14.5. The van der Waals surface area contributed by atoms with Gasteiger partial charge in [-0.25, -0.2) is 0 Å². The van der Waals surface area contributed by atoms with Crippen LogP contribution in [0.5, 0.6) is 5.75 Å². The Kier molecular flexibility index (Phi) is 12.7. The largest absolute Gasteiger partial charge is 0.492 e. The Morgan fingerprint density at radius 1 is 1.00 bits per heavy atom. The minimum absolute atomic E-state index is 0.0406. The van der Waals surface area contributed by atoms with Crippen molar-refractivity contribution in [3.63, 3.8) is 0 Å². The number of methoxy groups -OCH3 is 1. The van der Waals surface area contributed by atoms with Gasteiger partial charge in [0.15, 0.2) is 0 Å². The summed E-state index contributed by atoms with van der Waals surface area (Å²) in [6.07, 6.45) is 3.72. The number of nitrogens with one attached hydrogen (secondary N) is 5. The van der Waals surface area contributed by atoms with Crippen LogP contribution in [-0.4, -0.2) is 102 Å². The number of H-pyrrole nitrogens is 1. The monoisotopic (exact) mass is 713 g/mol. The third-order valence-corrected chi connectivity index (χ3v) is 9.02. The van der Waals surface area contributed by atoms with Crippen molar-refractivity contribution in [2.24, 2.45) is 13.0 Å². The fraction of sp³-hybridized carbons (Fsp3) is 0.395. The number of hydrogen-bond donors (Lipinski definition) is 5. The van der Waals surface area contributed by atoms with Crippen molar-refractivity contribution in [1.82, 2.24) is 35.7 Å². The van der Waals surface area contributed by atoms with Gasteiger partial charge in [0.1, 0.15) is 36.2 Å². The number of carbonyl (C=O) groups is 5. The smallest absolute Gasteiger partial charge is 0.268 e. The first-order chi connectivity index (χ1) is 25.0. The van der Waals surface area contributed by atoms with Gasteiger partial charge in [-0.2, -0.15) is 0 Å². The first kappa shape index (κ1) is 37.6. The van der Waals surface area contributed by atoms with Gasteiger partial charge in [-0.3, -0.25) is 24.0 Å². The molecule has 2 aromatic heterocycles. The van der Waals surface area contributed by atoms with Gasteiger partial charge in [-0.15, -0.1) is 0 Å². The SMILES string of the molecule is COCCN1CC(=O)N[C@@H](C(C)C)C(=O)NCCOc2ccc(cc2)C[C@H](NC(=O)c2cccn2C)C(=O)N[C@@H](Cc2c[nH]c3ccccc23)C1=O. The van der Waals surface area contributed by atoms with Gasteiger partial charge in [-0.1, -0.05) is 44.2 Å². The molecule has 0 aliphatic carbocycles. The van der Waals surface area contributed by atoms with E-state index in [1.807, 2.05) is 38.1 Å². The lowest BCUT2D eigenvalue weighted by Crippen LogP contribution is -2.58. The average molecular weight is 714 g/mol. The number of hydrogen-bond acceptors (Lipinski definition) is 7. The third kappa shape index (κ3) is 9.57. The Balaban J connectivity index is 1.52. The predicted molar refractivity (Wildman–Crippen MR) is 194 cm³/mol. The quantitative estimate of drug-likeness (QED) is 0.173. The molecule has 5 amide bonds. The summed E-state index contributed by atoms with van der Waals surface area (Å²) in [6.45, 7) is 3.77. The molecule has 14 nitrogen and oxygen atoms in total. The summed E-state index contributed by atoms with van der Waals surface area (Å²) in [5.41, 5.74) is 2.73. The molecule has 0 saturated carbocycles. The summed E-state index contributed by atoms with van der Waals surface area (Å²) in [7, 11) is 3.22. The van der Waals surface area contributed by atoms with E-state index < -0.39 is 41.8 Å². The molecule has 2 aromatic carbocycles. The van der Waals surface area contributed by atoms with Crippen molar-refractivity contribution >= 4 is 40.4 Å². The second kappa shape index (κ2) is 17.5. The molecule has 2 aliphatic rings. The van der Waals surface area contributed by atoms with Gasteiger partial charge >= 0.3 is 0 Å². The molecule has 0 saturated heterocycles. The number of fused-ring (bicyclic) bond motifs is 18. The van der Waals surface area contributed by atoms with Gasteiger partial charge < -0.3 is 45.2 Å². The second-order valence-electron chi connectivity index (χ2n) is 13.2. The average Bonchev–Trinajstić information content (AvgIpc) is 3.75. The van der Waals surface area contributed by atoms with Crippen LogP contribution in [0, 0.1) is 5.92 Å². The van der Waals surface area contributed by atoms with Crippen molar-refractivity contribution in [2.75, 3.05) is 40.0 Å². The van der Waals surface area contributed by atoms with Crippen LogP contribution in [-0.2, 0) is 43.8 Å². The number of aryl methyl sites for hydroxylation is 1. The van der Waals surface area contributed by atoms with Gasteiger partial charge in [0.25, 0.3) is 5.91 Å². The van der Waals surface area contributed by atoms with E-state index in [0.717, 1.165) is 22.0 Å². The molecule has 0 unspecified atom stereocenters. The van der Waals surface area contributed by atoms with Gasteiger partial charge in [-0.05, 0) is 47.4 Å². The van der Waals surface area contributed by atoms with E-state index in [9.17, 15) is 24.0 Å². The van der Waals surface area contributed by atoms with Gasteiger partial charge in [0, 0.05) is 56.8 Å². The van der Waals surface area contributed by atoms with E-state index in [1.165, 1.54) is 12.0 Å². The number of amides is 5. The Morgan fingerprint density at radius 2 is 1.77 bits per heavy atom. The van der Waals surface area contributed by atoms with E-state index in [0.29, 0.717) is 11.4 Å². The molecule has 0 radical (unpaired) electrons. The fourth-order valence-corrected chi connectivity index (χ4v) is 6.16. The van der Waals surface area contributed by atoms with Crippen molar-refractivity contribution in [3.8, 4) is 5.75 Å². The molecule has 276 valence electrons. The van der Waals surface area contributed by atoms with Crippen molar-refractivity contribution < 1.29 is 33.4 Å². The van der Waals surface area contributed by atoms with Crippen LogP contribution in [0.2, 0.25) is 0 Å². The molecule has 0 fully saturated rings. The van der Waals surface area contributed by atoms with E-state index in [2.05, 4.69) is 26.3 Å². The Morgan fingerprint density at radius 3 is 2.48 bits per heavy atom. The topological polar surface area (TPSA) is 176 Å². The molecule has 14 heteroatoms. The minimum atomic E-state index is -1.14. The number of nitrogens with zero attached hydrogens (tertiary/aromatic N) is 2. The number of ether oxygens (including phenoxy) is 2. The highest BCUT2D eigenvalue weighted by Crippen LogP contribution is 2.20. The van der Waals surface area contributed by atoms with Crippen LogP contribution in [0.15, 0.2) is 73.1 Å². The fourth-order valence-electron chi connectivity index (χ4n) is 6.16. The van der Waals surface area contributed by atoms with Crippen molar-refractivity contribution in [3.05, 3.63) is 89.9 Å². The first-order valence-electron chi connectivity index (χ1n) is 17.4. The van der Waals surface area contributed by atoms with Crippen LogP contribution in [0.25, 0.3) is 10.9 Å². The standard InChI is InChI=1S/C38H47N7O7/c1-24(2)34-37(49)39-15-18-52-27-13-11-25(12-14-27)20-30(41-36(48)32-10-7-16-44(32)3)35(47)42-31(21-26-22-40-29-9-6-5-8-28(26)29)38(50)45(17-19-51-4)23-33(46)43-34/h5-14,16,22,24,30-31,34,40H,15,17-21,23H2,1-4H3,(H,39,49)(H,41,48)(H,42,47)(H,43,46)/t30-,31-,34-/m0/s1. The molecule has 3 atom stereocenters. The van der Waals surface area contributed by atoms with Crippen LogP contribution in [0.1, 0.15) is 35.5 Å². The van der Waals surface area contributed by atoms with Gasteiger partial charge in [0.05, 0.1) is 19.7 Å². The summed E-state index contributed by atoms with van der Waals surface area (Å²) >= 11 is 0. The highest BCUT2D eigenvalue weighted by atomic mass is 16.5. The Bertz CT molecular complexity index is 1870. The highest BCUT2D eigenvalue weighted by molar-refractivity contribution is 5.98. The predicted octanol–water partition coefficient (Wildman–Crippen LogP) is 1.70. The Hall–Kier alpha value is -5.63. The molecule has 5 N–H and O–H groups in total. The van der Waals surface area contributed by atoms with Crippen molar-refractivity contribution in [2.45, 2.75) is 44.8 Å². The van der Waals surface area contributed by atoms with Crippen LogP contribution < -0.4 is 26.0 Å². The van der Waals surface area contributed by atoms with Crippen LogP contribution in [0.4, 0.5) is 0 Å². The number of rotatable bonds is 8. The summed E-state index contributed by atoms with van der Waals surface area (Å²) in [5.74, 6) is -2.19. The molecule has 6 rings (SSSR count). The number of para-hydroxylation sites is 1. The molecule has 0 spiro atoms. The Labute approximate surface area is 302 Å². The van der Waals surface area contributed by atoms with E-state index >= 15 is 0 Å². The zero-order chi connectivity index (χ0) is 37.2. The molecule has 4 heterocycles. The zero-order valence-electron chi connectivity index (χ0n) is 29.9. The van der Waals surface area contributed by atoms with Crippen LogP contribution in [0.3, 0.4) is 0 Å². The highest BCUT2D eigenvalue weighted by Gasteiger charge is 2.33. The van der Waals surface area contributed by atoms with E-state index in [-0.39, 0.29) is 57.5 Å².